The molecule has 23 heavy (non-hydrogen) atoms. The Balaban J connectivity index is 2.60. The molecule has 0 saturated carbocycles. The highest BCUT2D eigenvalue weighted by Gasteiger charge is 2.40. The van der Waals surface area contributed by atoms with Gasteiger partial charge in [0.1, 0.15) is 5.92 Å². The van der Waals surface area contributed by atoms with Gasteiger partial charge in [-0.05, 0) is 24.7 Å². The summed E-state index contributed by atoms with van der Waals surface area (Å²) in [5.41, 5.74) is 0.778. The molecule has 0 aromatic heterocycles. The van der Waals surface area contributed by atoms with Gasteiger partial charge >= 0.3 is 5.97 Å². The molecule has 0 aliphatic carbocycles. The van der Waals surface area contributed by atoms with E-state index in [0.717, 1.165) is 0 Å². The molecule has 2 atom stereocenters. The summed E-state index contributed by atoms with van der Waals surface area (Å²) >= 11 is 5.23. The summed E-state index contributed by atoms with van der Waals surface area (Å²) in [5.74, 6) is -2.00. The highest BCUT2D eigenvalue weighted by Crippen LogP contribution is 2.35. The maximum absolute atomic E-state index is 11.7. The normalized spacial score (nSPS) is 20.8. The van der Waals surface area contributed by atoms with E-state index in [9.17, 15) is 20.0 Å². The highest BCUT2D eigenvalue weighted by atomic mass is 32.1. The number of aliphatic imine (C=N–C) groups is 1. The van der Waals surface area contributed by atoms with E-state index in [4.69, 9.17) is 12.2 Å². The molecule has 1 aromatic carbocycles. The number of hydrogen-bond acceptors (Lipinski definition) is 4. The second kappa shape index (κ2) is 6.66. The molecule has 2 unspecified atom stereocenters. The number of rotatable bonds is 5. The lowest BCUT2D eigenvalue weighted by Gasteiger charge is -2.39. The Morgan fingerprint density at radius 3 is 2.87 bits per heavy atom. The van der Waals surface area contributed by atoms with Crippen molar-refractivity contribution >= 4 is 34.7 Å². The molecule has 1 heterocycles. The van der Waals surface area contributed by atoms with Crippen LogP contribution in [0.2, 0.25) is 0 Å². The smallest absolute Gasteiger partial charge is 0.314 e. The maximum Gasteiger partial charge on any atom is 0.314 e. The first-order valence-electron chi connectivity index (χ1n) is 6.80. The van der Waals surface area contributed by atoms with Gasteiger partial charge in [-0.15, -0.1) is 6.58 Å². The van der Waals surface area contributed by atoms with Crippen LogP contribution in [-0.4, -0.2) is 38.3 Å². The van der Waals surface area contributed by atoms with E-state index >= 15 is 0 Å². The van der Waals surface area contributed by atoms with Crippen molar-refractivity contribution in [2.45, 2.75) is 13.0 Å². The van der Waals surface area contributed by atoms with E-state index in [-0.39, 0.29) is 10.8 Å². The van der Waals surface area contributed by atoms with Crippen LogP contribution in [0.4, 0.5) is 5.69 Å². The van der Waals surface area contributed by atoms with Crippen molar-refractivity contribution < 1.29 is 14.8 Å². The van der Waals surface area contributed by atoms with Gasteiger partial charge in [0.2, 0.25) is 0 Å². The van der Waals surface area contributed by atoms with Crippen molar-refractivity contribution in [3.05, 3.63) is 52.6 Å². The molecule has 0 amide bonds. The maximum atomic E-state index is 11.7. The van der Waals surface area contributed by atoms with Gasteiger partial charge in [0.05, 0.1) is 11.0 Å². The van der Waals surface area contributed by atoms with Gasteiger partial charge in [-0.2, -0.15) is 0 Å². The van der Waals surface area contributed by atoms with Gasteiger partial charge in [-0.3, -0.25) is 14.9 Å². The summed E-state index contributed by atoms with van der Waals surface area (Å²) in [4.78, 5) is 27.9. The van der Waals surface area contributed by atoms with Crippen LogP contribution in [0.5, 0.6) is 0 Å². The highest BCUT2D eigenvalue weighted by molar-refractivity contribution is 7.80. The molecule has 1 aliphatic heterocycles. The first-order valence-corrected chi connectivity index (χ1v) is 7.21. The van der Waals surface area contributed by atoms with Crippen molar-refractivity contribution in [1.82, 2.24) is 4.90 Å². The second-order valence-corrected chi connectivity index (χ2v) is 5.45. The minimum atomic E-state index is -1.06. The number of aliphatic carboxylic acids is 1. The van der Waals surface area contributed by atoms with E-state index in [1.807, 2.05) is 0 Å². The Hall–Kier alpha value is -2.61. The van der Waals surface area contributed by atoms with Gasteiger partial charge < -0.3 is 10.0 Å². The van der Waals surface area contributed by atoms with Crippen LogP contribution in [0.15, 0.2) is 41.9 Å². The predicted octanol–water partition coefficient (Wildman–Crippen LogP) is 2.58. The van der Waals surface area contributed by atoms with E-state index in [1.165, 1.54) is 18.2 Å². The van der Waals surface area contributed by atoms with Crippen LogP contribution in [-0.2, 0) is 4.79 Å². The van der Waals surface area contributed by atoms with Crippen molar-refractivity contribution in [2.24, 2.45) is 10.9 Å². The fourth-order valence-corrected chi connectivity index (χ4v) is 2.98. The number of non-ortho nitro benzene ring substituents is 1. The summed E-state index contributed by atoms with van der Waals surface area (Å²) in [5, 5.41) is 20.8. The van der Waals surface area contributed by atoms with Crippen LogP contribution in [0.3, 0.4) is 0 Å². The summed E-state index contributed by atoms with van der Waals surface area (Å²) in [6, 6.07) is 5.25. The standard InChI is InChI=1S/C15H15N3O4S/c1-3-7-17-13(10-5-4-6-11(8-10)18(21)22)12(14(19)20)9(2)16-15(17)23/h3-6,8,12-13H,1,7H2,2H3,(H,19,20). The fraction of sp³-hybridized carbons (Fsp3) is 0.267. The molecule has 2 rings (SSSR count). The van der Waals surface area contributed by atoms with Gasteiger partial charge in [-0.25, -0.2) is 4.99 Å². The Bertz CT molecular complexity index is 716. The minimum Gasteiger partial charge on any atom is -0.481 e. The quantitative estimate of drug-likeness (QED) is 0.385. The monoisotopic (exact) mass is 333 g/mol. The number of nitro benzene ring substituents is 1. The van der Waals surface area contributed by atoms with Crippen LogP contribution >= 0.6 is 12.2 Å². The number of nitrogens with zero attached hydrogens (tertiary/aromatic N) is 3. The molecule has 1 aromatic rings. The third-order valence-electron chi connectivity index (χ3n) is 3.63. The zero-order valence-corrected chi connectivity index (χ0v) is 13.2. The number of carboxylic acids is 1. The van der Waals surface area contributed by atoms with Gasteiger partial charge in [0.15, 0.2) is 5.11 Å². The molecule has 120 valence electrons. The zero-order valence-electron chi connectivity index (χ0n) is 12.4. The number of thiocarbonyl (C=S) groups is 1. The minimum absolute atomic E-state index is 0.101. The van der Waals surface area contributed by atoms with E-state index < -0.39 is 22.9 Å². The SMILES string of the molecule is C=CCN1C(=S)N=C(C)C(C(=O)O)C1c1cccc([N+](=O)[O-])c1. The average molecular weight is 333 g/mol. The summed E-state index contributed by atoms with van der Waals surface area (Å²) < 4.78 is 0. The molecular weight excluding hydrogens is 318 g/mol. The van der Waals surface area contributed by atoms with E-state index in [1.54, 1.807) is 24.0 Å². The summed E-state index contributed by atoms with van der Waals surface area (Å²) in [6.45, 7) is 5.54. The van der Waals surface area contributed by atoms with Crippen molar-refractivity contribution in [2.75, 3.05) is 6.54 Å². The molecule has 0 radical (unpaired) electrons. The largest absolute Gasteiger partial charge is 0.481 e. The van der Waals surface area contributed by atoms with E-state index in [0.29, 0.717) is 17.8 Å². The average Bonchev–Trinajstić information content (AvgIpc) is 2.49. The number of nitro groups is 1. The van der Waals surface area contributed by atoms with Gasteiger partial charge in [0, 0.05) is 24.4 Å². The molecule has 0 bridgehead atoms. The zero-order chi connectivity index (χ0) is 17.1. The van der Waals surface area contributed by atoms with Crippen molar-refractivity contribution in [3.63, 3.8) is 0 Å². The van der Waals surface area contributed by atoms with E-state index in [2.05, 4.69) is 11.6 Å². The molecule has 0 saturated heterocycles. The Kier molecular flexibility index (Phi) is 4.85. The van der Waals surface area contributed by atoms with Gasteiger partial charge in [-0.1, -0.05) is 18.2 Å². The lowest BCUT2D eigenvalue weighted by molar-refractivity contribution is -0.385. The molecule has 8 heteroatoms. The summed E-state index contributed by atoms with van der Waals surface area (Å²) in [6.07, 6.45) is 1.59. The molecule has 0 fully saturated rings. The van der Waals surface area contributed by atoms with Crippen molar-refractivity contribution in [3.8, 4) is 0 Å². The summed E-state index contributed by atoms with van der Waals surface area (Å²) in [7, 11) is 0. The topological polar surface area (TPSA) is 96.0 Å². The third kappa shape index (κ3) is 3.26. The molecule has 7 nitrogen and oxygen atoms in total. The number of benzene rings is 1. The lowest BCUT2D eigenvalue weighted by Crippen LogP contribution is -2.46. The number of carbonyl (C=O) groups is 1. The Labute approximate surface area is 138 Å². The Morgan fingerprint density at radius 1 is 1.61 bits per heavy atom. The first kappa shape index (κ1) is 16.8. The number of hydrogen-bond donors (Lipinski definition) is 1. The fourth-order valence-electron chi connectivity index (χ4n) is 2.65. The van der Waals surface area contributed by atoms with Crippen LogP contribution in [0.25, 0.3) is 0 Å². The van der Waals surface area contributed by atoms with Gasteiger partial charge in [0.25, 0.3) is 5.69 Å². The van der Waals surface area contributed by atoms with Crippen LogP contribution < -0.4 is 0 Å². The first-order chi connectivity index (χ1) is 10.9. The van der Waals surface area contributed by atoms with Crippen molar-refractivity contribution in [1.29, 1.82) is 0 Å². The lowest BCUT2D eigenvalue weighted by atomic mass is 9.87. The molecule has 1 N–H and O–H groups in total. The van der Waals surface area contributed by atoms with Crippen LogP contribution in [0, 0.1) is 16.0 Å². The molecule has 0 spiro atoms. The molecule has 1 aliphatic rings. The Morgan fingerprint density at radius 2 is 2.30 bits per heavy atom. The number of carboxylic acid groups (broad SMARTS) is 1. The molecular formula is C15H15N3O4S. The third-order valence-corrected chi connectivity index (χ3v) is 3.96. The van der Waals surface area contributed by atoms with Crippen LogP contribution in [0.1, 0.15) is 18.5 Å². The predicted molar refractivity (Wildman–Crippen MR) is 89.6 cm³/mol. The second-order valence-electron chi connectivity index (χ2n) is 5.09.